The first-order valence-corrected chi connectivity index (χ1v) is 4.90. The summed E-state index contributed by atoms with van der Waals surface area (Å²) in [5.41, 5.74) is 0. The van der Waals surface area contributed by atoms with E-state index < -0.39 is 20.1 Å². The van der Waals surface area contributed by atoms with Gasteiger partial charge < -0.3 is 0 Å². The fourth-order valence-electron chi connectivity index (χ4n) is 0. The van der Waals surface area contributed by atoms with Crippen molar-refractivity contribution in [3.63, 3.8) is 0 Å². The van der Waals surface area contributed by atoms with Gasteiger partial charge in [0.05, 0.1) is 0 Å². The van der Waals surface area contributed by atoms with Crippen molar-refractivity contribution in [3.8, 4) is 0 Å². The van der Waals surface area contributed by atoms with Crippen LogP contribution in [0.15, 0.2) is 0 Å². The van der Waals surface area contributed by atoms with Crippen molar-refractivity contribution in [1.82, 2.24) is 0 Å². The van der Waals surface area contributed by atoms with Crippen LogP contribution in [0.1, 0.15) is 0 Å². The topological polar surface area (TPSA) is 86.2 Å². The summed E-state index contributed by atoms with van der Waals surface area (Å²) < 4.78 is 34.6. The Morgan fingerprint density at radius 3 is 1.17 bits per heavy atom. The molecule has 0 aromatic rings. The van der Waals surface area contributed by atoms with E-state index in [-0.39, 0.29) is 19.8 Å². The molecule has 0 fully saturated rings. The molecule has 0 radical (unpaired) electrons. The Hall–Kier alpha value is 1.13. The molecule has 0 aromatic carbocycles. The van der Waals surface area contributed by atoms with Gasteiger partial charge in [0, 0.05) is 0 Å². The summed E-state index contributed by atoms with van der Waals surface area (Å²) in [6, 6.07) is 0. The van der Waals surface area contributed by atoms with Gasteiger partial charge in [0.25, 0.3) is 0 Å². The predicted octanol–water partition coefficient (Wildman–Crippen LogP) is -4.45. The summed E-state index contributed by atoms with van der Waals surface area (Å²) in [6.07, 6.45) is 0. The molecule has 0 spiro atoms. The Labute approximate surface area is 52.9 Å². The van der Waals surface area contributed by atoms with Crippen molar-refractivity contribution in [2.75, 3.05) is 0 Å². The van der Waals surface area contributed by atoms with Gasteiger partial charge in [-0.05, 0) is 0 Å². The first-order chi connectivity index (χ1) is 2.00. The molecule has 0 aliphatic heterocycles. The Bertz CT molecular complexity index is 53.7. The van der Waals surface area contributed by atoms with Gasteiger partial charge in [-0.1, -0.05) is 0 Å². The molecule has 6 heteroatoms. The molecule has 0 aliphatic rings. The van der Waals surface area contributed by atoms with E-state index in [1.54, 1.807) is 0 Å². The summed E-state index contributed by atoms with van der Waals surface area (Å²) >= 11 is -6.10. The van der Waals surface area contributed by atoms with E-state index in [9.17, 15) is 0 Å². The Balaban J connectivity index is 0. The molecule has 0 amide bonds. The van der Waals surface area contributed by atoms with Gasteiger partial charge in [-0.25, -0.2) is 0 Å². The van der Waals surface area contributed by atoms with Gasteiger partial charge in [-0.15, -0.1) is 0 Å². The number of hydrogen-bond acceptors (Lipinski definition) is 4. The number of rotatable bonds is 0. The molecule has 4 nitrogen and oxygen atoms in total. The molecular weight excluding hydrogens is 255 g/mol. The standard InChI is InChI=1S/Ga.4O.Sb/q+3;;3*-1;. The van der Waals surface area contributed by atoms with E-state index in [2.05, 4.69) is 0 Å². The molecule has 32 valence electrons. The first kappa shape index (κ1) is 10.2. The summed E-state index contributed by atoms with van der Waals surface area (Å²) in [4.78, 5) is 0. The van der Waals surface area contributed by atoms with Crippen molar-refractivity contribution in [3.05, 3.63) is 0 Å². The second-order valence-electron chi connectivity index (χ2n) is 0.447. The molecule has 0 unspecified atom stereocenters. The molecule has 0 N–H and O–H groups in total. The fourth-order valence-corrected chi connectivity index (χ4v) is 0. The van der Waals surface area contributed by atoms with Crippen LogP contribution in [0, 0.1) is 0 Å². The van der Waals surface area contributed by atoms with Crippen LogP contribution < -0.4 is 10.2 Å². The molecule has 6 heavy (non-hydrogen) atoms. The summed E-state index contributed by atoms with van der Waals surface area (Å²) in [5, 5.41) is 0. The van der Waals surface area contributed by atoms with Crippen LogP contribution in [0.4, 0.5) is 0 Å². The summed E-state index contributed by atoms with van der Waals surface area (Å²) in [6.45, 7) is 0. The molecule has 0 aliphatic carbocycles. The normalized spacial score (nSPS) is 9.83. The zero-order valence-corrected chi connectivity index (χ0v) is 7.63. The van der Waals surface area contributed by atoms with E-state index in [1.807, 2.05) is 0 Å². The van der Waals surface area contributed by atoms with Crippen molar-refractivity contribution >= 4 is 39.8 Å². The van der Waals surface area contributed by atoms with Crippen LogP contribution >= 0.6 is 0 Å². The van der Waals surface area contributed by atoms with Crippen LogP contribution in [0.5, 0.6) is 0 Å². The van der Waals surface area contributed by atoms with Crippen molar-refractivity contribution < 1.29 is 13.2 Å². The van der Waals surface area contributed by atoms with Crippen molar-refractivity contribution in [2.45, 2.75) is 0 Å². The van der Waals surface area contributed by atoms with Crippen LogP contribution in [0.3, 0.4) is 0 Å². The molecule has 0 aromatic heterocycles. The van der Waals surface area contributed by atoms with E-state index in [0.29, 0.717) is 0 Å². The maximum absolute atomic E-state index is 8.64. The van der Waals surface area contributed by atoms with Gasteiger partial charge in [0.15, 0.2) is 0 Å². The zero-order valence-electron chi connectivity index (χ0n) is 2.66. The third-order valence-electron chi connectivity index (χ3n) is 0. The molecule has 0 saturated carbocycles. The Morgan fingerprint density at radius 2 is 1.17 bits per heavy atom. The monoisotopic (exact) mass is 254 g/mol. The van der Waals surface area contributed by atoms with Crippen LogP contribution in [0.25, 0.3) is 0 Å². The summed E-state index contributed by atoms with van der Waals surface area (Å²) in [7, 11) is 0. The third kappa shape index (κ3) is 68.2. The van der Waals surface area contributed by atoms with Gasteiger partial charge in [0.1, 0.15) is 0 Å². The SMILES string of the molecule is [Ga+3].[O]=[Sb]([O-])([O-])[O-]. The van der Waals surface area contributed by atoms with Crippen LogP contribution in [-0.2, 0) is 3.02 Å². The first-order valence-electron chi connectivity index (χ1n) is 0.730. The van der Waals surface area contributed by atoms with Crippen molar-refractivity contribution in [2.24, 2.45) is 0 Å². The van der Waals surface area contributed by atoms with E-state index >= 15 is 0 Å². The van der Waals surface area contributed by atoms with Crippen molar-refractivity contribution in [1.29, 1.82) is 0 Å². The Morgan fingerprint density at radius 1 is 1.17 bits per heavy atom. The summed E-state index contributed by atoms with van der Waals surface area (Å²) in [5.74, 6) is 0. The molecule has 0 heterocycles. The average molecular weight is 255 g/mol. The van der Waals surface area contributed by atoms with E-state index in [1.165, 1.54) is 0 Å². The van der Waals surface area contributed by atoms with E-state index in [4.69, 9.17) is 13.2 Å². The molecule has 0 rings (SSSR count). The Kier molecular flexibility index (Phi) is 5.39. The van der Waals surface area contributed by atoms with Gasteiger partial charge in [0.2, 0.25) is 0 Å². The fraction of sp³-hybridized carbons (Fsp3) is 0. The predicted molar refractivity (Wildman–Crippen MR) is 12.2 cm³/mol. The second kappa shape index (κ2) is 3.18. The van der Waals surface area contributed by atoms with Gasteiger partial charge in [-0.2, -0.15) is 0 Å². The quantitative estimate of drug-likeness (QED) is 0.409. The van der Waals surface area contributed by atoms with Gasteiger partial charge >= 0.3 is 53.0 Å². The molecular formula is GaO4Sb. The van der Waals surface area contributed by atoms with Crippen LogP contribution in [0.2, 0.25) is 0 Å². The van der Waals surface area contributed by atoms with Crippen LogP contribution in [-0.4, -0.2) is 39.8 Å². The molecule has 0 atom stereocenters. The number of hydrogen-bond donors (Lipinski definition) is 0. The minimum atomic E-state index is -6.10. The second-order valence-corrected chi connectivity index (χ2v) is 3.00. The van der Waals surface area contributed by atoms with E-state index in [0.717, 1.165) is 0 Å². The van der Waals surface area contributed by atoms with Gasteiger partial charge in [-0.3, -0.25) is 0 Å². The zero-order chi connectivity index (χ0) is 4.50. The third-order valence-corrected chi connectivity index (χ3v) is 0. The minimum absolute atomic E-state index is 0. The maximum atomic E-state index is 8.64. The molecule has 0 saturated heterocycles. The average Bonchev–Trinajstić information content (AvgIpc) is 0.722. The molecule has 0 bridgehead atoms.